The molecule has 21 heavy (non-hydrogen) atoms. The summed E-state index contributed by atoms with van der Waals surface area (Å²) >= 11 is 0. The fraction of sp³-hybridized carbons (Fsp3) is 0.625. The minimum atomic E-state index is -0.276. The van der Waals surface area contributed by atoms with Crippen molar-refractivity contribution in [1.82, 2.24) is 10.2 Å². The molecule has 0 aliphatic carbocycles. The fourth-order valence-electron chi connectivity index (χ4n) is 3.07. The Morgan fingerprint density at radius 3 is 2.86 bits per heavy atom. The number of nitro groups is 1. The molecule has 0 spiro atoms. The van der Waals surface area contributed by atoms with Crippen LogP contribution in [0.5, 0.6) is 0 Å². The summed E-state index contributed by atoms with van der Waals surface area (Å²) in [6.07, 6.45) is 4.31. The summed E-state index contributed by atoms with van der Waals surface area (Å²) in [5, 5.41) is 14.5. The summed E-state index contributed by atoms with van der Waals surface area (Å²) in [5.74, 6) is 0. The predicted molar refractivity (Wildman–Crippen MR) is 84.6 cm³/mol. The Bertz CT molecular complexity index is 459. The Balaban J connectivity index is 1.99. The standard InChI is InChI=1S/C16H25N3O2/c1-2-11-18(15-7-5-10-17-13-15)12-9-14-6-3-4-8-16(14)19(20)21/h3-4,6,8,15,17H,2,5,7,9-13H2,1H3. The van der Waals surface area contributed by atoms with Crippen molar-refractivity contribution < 1.29 is 4.92 Å². The van der Waals surface area contributed by atoms with Crippen molar-refractivity contribution in [3.8, 4) is 0 Å². The molecule has 0 radical (unpaired) electrons. The van der Waals surface area contributed by atoms with E-state index in [1.807, 2.05) is 12.1 Å². The zero-order valence-corrected chi connectivity index (χ0v) is 12.8. The summed E-state index contributed by atoms with van der Waals surface area (Å²) in [6, 6.07) is 7.66. The number of nitrogens with one attached hydrogen (secondary N) is 1. The molecule has 0 saturated carbocycles. The highest BCUT2D eigenvalue weighted by Crippen LogP contribution is 2.19. The molecule has 1 aliphatic rings. The molecule has 5 heteroatoms. The Labute approximate surface area is 126 Å². The van der Waals surface area contributed by atoms with Crippen LogP contribution in [0.2, 0.25) is 0 Å². The van der Waals surface area contributed by atoms with Crippen molar-refractivity contribution in [2.24, 2.45) is 0 Å². The second-order valence-electron chi connectivity index (χ2n) is 5.67. The van der Waals surface area contributed by atoms with Gasteiger partial charge in [-0.3, -0.25) is 15.0 Å². The number of para-hydroxylation sites is 1. The quantitative estimate of drug-likeness (QED) is 0.619. The predicted octanol–water partition coefficient (Wildman–Crippen LogP) is 2.60. The van der Waals surface area contributed by atoms with Crippen LogP contribution >= 0.6 is 0 Å². The molecule has 1 N–H and O–H groups in total. The Morgan fingerprint density at radius 2 is 2.19 bits per heavy atom. The van der Waals surface area contributed by atoms with E-state index in [0.717, 1.165) is 44.6 Å². The molecule has 1 aliphatic heterocycles. The fourth-order valence-corrected chi connectivity index (χ4v) is 3.07. The third kappa shape index (κ3) is 4.51. The lowest BCUT2D eigenvalue weighted by molar-refractivity contribution is -0.385. The van der Waals surface area contributed by atoms with Gasteiger partial charge in [-0.2, -0.15) is 0 Å². The zero-order valence-electron chi connectivity index (χ0n) is 12.8. The number of rotatable bonds is 7. The maximum atomic E-state index is 11.1. The van der Waals surface area contributed by atoms with Crippen LogP contribution in [0.25, 0.3) is 0 Å². The van der Waals surface area contributed by atoms with Crippen LogP contribution in [0.4, 0.5) is 5.69 Å². The molecule has 1 heterocycles. The van der Waals surface area contributed by atoms with Crippen molar-refractivity contribution in [3.05, 3.63) is 39.9 Å². The molecule has 1 fully saturated rings. The second kappa shape index (κ2) is 8.10. The van der Waals surface area contributed by atoms with Crippen molar-refractivity contribution >= 4 is 5.69 Å². The maximum absolute atomic E-state index is 11.1. The van der Waals surface area contributed by atoms with E-state index >= 15 is 0 Å². The highest BCUT2D eigenvalue weighted by molar-refractivity contribution is 5.39. The van der Waals surface area contributed by atoms with Gasteiger partial charge in [-0.25, -0.2) is 0 Å². The zero-order chi connectivity index (χ0) is 15.1. The summed E-state index contributed by atoms with van der Waals surface area (Å²) in [4.78, 5) is 13.3. The largest absolute Gasteiger partial charge is 0.315 e. The van der Waals surface area contributed by atoms with Crippen LogP contribution < -0.4 is 5.32 Å². The van der Waals surface area contributed by atoms with Gasteiger partial charge in [0.15, 0.2) is 0 Å². The number of hydrogen-bond donors (Lipinski definition) is 1. The van der Waals surface area contributed by atoms with Crippen LogP contribution in [0.15, 0.2) is 24.3 Å². The number of piperidine rings is 1. The average molecular weight is 291 g/mol. The second-order valence-corrected chi connectivity index (χ2v) is 5.67. The lowest BCUT2D eigenvalue weighted by Gasteiger charge is -2.34. The van der Waals surface area contributed by atoms with Crippen molar-refractivity contribution in [2.45, 2.75) is 38.6 Å². The molecule has 0 amide bonds. The first kappa shape index (κ1) is 15.9. The molecule has 1 atom stereocenters. The van der Waals surface area contributed by atoms with E-state index in [4.69, 9.17) is 0 Å². The molecular formula is C16H25N3O2. The lowest BCUT2D eigenvalue weighted by atomic mass is 10.0. The van der Waals surface area contributed by atoms with Gasteiger partial charge in [-0.15, -0.1) is 0 Å². The van der Waals surface area contributed by atoms with Crippen molar-refractivity contribution in [1.29, 1.82) is 0 Å². The van der Waals surface area contributed by atoms with Crippen molar-refractivity contribution in [2.75, 3.05) is 26.2 Å². The highest BCUT2D eigenvalue weighted by Gasteiger charge is 2.21. The Kier molecular flexibility index (Phi) is 6.14. The topological polar surface area (TPSA) is 58.4 Å². The minimum Gasteiger partial charge on any atom is -0.315 e. The molecule has 2 rings (SSSR count). The first-order valence-corrected chi connectivity index (χ1v) is 7.89. The lowest BCUT2D eigenvalue weighted by Crippen LogP contribution is -2.47. The number of benzene rings is 1. The van der Waals surface area contributed by atoms with E-state index in [2.05, 4.69) is 17.1 Å². The van der Waals surface area contributed by atoms with Gasteiger partial charge in [0.1, 0.15) is 0 Å². The molecule has 0 aromatic heterocycles. The number of hydrogen-bond acceptors (Lipinski definition) is 4. The van der Waals surface area contributed by atoms with Crippen molar-refractivity contribution in [3.63, 3.8) is 0 Å². The molecule has 1 saturated heterocycles. The molecule has 1 aromatic rings. The molecule has 0 bridgehead atoms. The monoisotopic (exact) mass is 291 g/mol. The molecule has 1 unspecified atom stereocenters. The molecular weight excluding hydrogens is 266 g/mol. The third-order valence-electron chi connectivity index (χ3n) is 4.15. The Hall–Kier alpha value is -1.46. The van der Waals surface area contributed by atoms with Crippen LogP contribution in [-0.4, -0.2) is 42.0 Å². The van der Waals surface area contributed by atoms with Gasteiger partial charge in [-0.05, 0) is 38.8 Å². The minimum absolute atomic E-state index is 0.246. The maximum Gasteiger partial charge on any atom is 0.272 e. The molecule has 116 valence electrons. The number of nitrogens with zero attached hydrogens (tertiary/aromatic N) is 2. The average Bonchev–Trinajstić information content (AvgIpc) is 2.52. The van der Waals surface area contributed by atoms with E-state index < -0.39 is 0 Å². The summed E-state index contributed by atoms with van der Waals surface area (Å²) in [7, 11) is 0. The first-order chi connectivity index (χ1) is 10.2. The highest BCUT2D eigenvalue weighted by atomic mass is 16.6. The molecule has 5 nitrogen and oxygen atoms in total. The first-order valence-electron chi connectivity index (χ1n) is 7.89. The summed E-state index contributed by atoms with van der Waals surface area (Å²) < 4.78 is 0. The third-order valence-corrected chi connectivity index (χ3v) is 4.15. The van der Waals surface area contributed by atoms with Crippen LogP contribution in [-0.2, 0) is 6.42 Å². The van der Waals surface area contributed by atoms with E-state index in [0.29, 0.717) is 6.04 Å². The van der Waals surface area contributed by atoms with Gasteiger partial charge in [0, 0.05) is 30.8 Å². The Morgan fingerprint density at radius 1 is 1.38 bits per heavy atom. The van der Waals surface area contributed by atoms with Crippen LogP contribution in [0, 0.1) is 10.1 Å². The van der Waals surface area contributed by atoms with E-state index in [1.54, 1.807) is 12.1 Å². The smallest absolute Gasteiger partial charge is 0.272 e. The van der Waals surface area contributed by atoms with Gasteiger partial charge in [0.05, 0.1) is 4.92 Å². The van der Waals surface area contributed by atoms with E-state index in [9.17, 15) is 10.1 Å². The van der Waals surface area contributed by atoms with Gasteiger partial charge < -0.3 is 5.32 Å². The summed E-state index contributed by atoms with van der Waals surface area (Å²) in [6.45, 7) is 6.30. The van der Waals surface area contributed by atoms with Crippen LogP contribution in [0.1, 0.15) is 31.7 Å². The van der Waals surface area contributed by atoms with Gasteiger partial charge >= 0.3 is 0 Å². The SMILES string of the molecule is CCCN(CCc1ccccc1[N+](=O)[O-])C1CCCNC1. The van der Waals surface area contributed by atoms with E-state index in [-0.39, 0.29) is 10.6 Å². The van der Waals surface area contributed by atoms with Crippen LogP contribution in [0.3, 0.4) is 0 Å². The van der Waals surface area contributed by atoms with Gasteiger partial charge in [0.25, 0.3) is 5.69 Å². The normalized spacial score (nSPS) is 18.9. The number of nitro benzene ring substituents is 1. The van der Waals surface area contributed by atoms with Gasteiger partial charge in [-0.1, -0.05) is 25.1 Å². The van der Waals surface area contributed by atoms with Gasteiger partial charge in [0.2, 0.25) is 0 Å². The molecule has 1 aromatic carbocycles. The summed E-state index contributed by atoms with van der Waals surface area (Å²) in [5.41, 5.74) is 1.09. The van der Waals surface area contributed by atoms with E-state index in [1.165, 1.54) is 12.8 Å².